The Morgan fingerprint density at radius 2 is 1.76 bits per heavy atom. The summed E-state index contributed by atoms with van der Waals surface area (Å²) in [4.78, 5) is 14.3. The lowest BCUT2D eigenvalue weighted by Crippen LogP contribution is -2.38. The number of hydrogen-bond acceptors (Lipinski definition) is 3. The molecule has 4 heteroatoms. The molecule has 156 valence electrons. The van der Waals surface area contributed by atoms with Gasteiger partial charge in [0.15, 0.2) is 0 Å². The van der Waals surface area contributed by atoms with Gasteiger partial charge in [-0.1, -0.05) is 42.5 Å². The summed E-state index contributed by atoms with van der Waals surface area (Å²) in [6.45, 7) is 9.85. The Morgan fingerprint density at radius 3 is 2.48 bits per heavy atom. The number of ether oxygens (including phenoxy) is 2. The zero-order valence-corrected chi connectivity index (χ0v) is 18.2. The Bertz CT molecular complexity index is 824. The van der Waals surface area contributed by atoms with Crippen molar-refractivity contribution in [3.63, 3.8) is 0 Å². The van der Waals surface area contributed by atoms with Crippen molar-refractivity contribution in [1.82, 2.24) is 4.90 Å². The topological polar surface area (TPSA) is 38.8 Å². The summed E-state index contributed by atoms with van der Waals surface area (Å²) >= 11 is 0. The molecule has 0 spiro atoms. The normalized spacial score (nSPS) is 14.1. The van der Waals surface area contributed by atoms with Gasteiger partial charge in [0.25, 0.3) is 0 Å². The molecule has 0 aromatic heterocycles. The van der Waals surface area contributed by atoms with Crippen LogP contribution in [0.3, 0.4) is 0 Å². The molecule has 1 heterocycles. The maximum Gasteiger partial charge on any atom is 0.410 e. The van der Waals surface area contributed by atoms with Crippen LogP contribution in [-0.4, -0.2) is 36.3 Å². The highest BCUT2D eigenvalue weighted by Gasteiger charge is 2.25. The van der Waals surface area contributed by atoms with Crippen molar-refractivity contribution in [2.24, 2.45) is 0 Å². The van der Waals surface area contributed by atoms with Crippen LogP contribution in [0.2, 0.25) is 0 Å². The third kappa shape index (κ3) is 5.99. The van der Waals surface area contributed by atoms with E-state index in [1.807, 2.05) is 31.7 Å². The molecular formula is C25H33NO3. The number of hydrogen-bond donors (Lipinski definition) is 0. The molecule has 0 aliphatic carbocycles. The van der Waals surface area contributed by atoms with Crippen molar-refractivity contribution in [3.8, 4) is 5.75 Å². The minimum atomic E-state index is -0.472. The summed E-state index contributed by atoms with van der Waals surface area (Å²) in [7, 11) is 0. The van der Waals surface area contributed by atoms with Crippen molar-refractivity contribution in [2.75, 3.05) is 19.7 Å². The molecule has 0 bridgehead atoms. The van der Waals surface area contributed by atoms with E-state index in [9.17, 15) is 4.79 Å². The highest BCUT2D eigenvalue weighted by molar-refractivity contribution is 5.68. The van der Waals surface area contributed by atoms with Gasteiger partial charge < -0.3 is 14.4 Å². The van der Waals surface area contributed by atoms with Gasteiger partial charge in [0.05, 0.1) is 6.61 Å². The molecular weight excluding hydrogens is 362 g/mol. The second-order valence-electron chi connectivity index (χ2n) is 8.75. The van der Waals surface area contributed by atoms with Gasteiger partial charge in [-0.15, -0.1) is 0 Å². The Labute approximate surface area is 174 Å². The third-order valence-corrected chi connectivity index (χ3v) is 5.19. The first kappa shape index (κ1) is 21.2. The SMILES string of the molecule is Cc1ccc2c(c1OCCCc1ccccc1)CCN(C(=O)OC(C)(C)C)CC2. The van der Waals surface area contributed by atoms with Gasteiger partial charge in [-0.3, -0.25) is 0 Å². The number of amides is 1. The number of rotatable bonds is 5. The number of aryl methyl sites for hydroxylation is 2. The number of nitrogens with zero attached hydrogens (tertiary/aromatic N) is 1. The average molecular weight is 396 g/mol. The van der Waals surface area contributed by atoms with Crippen LogP contribution in [0.1, 0.15) is 49.4 Å². The molecule has 29 heavy (non-hydrogen) atoms. The van der Waals surface area contributed by atoms with E-state index in [1.54, 1.807) is 0 Å². The van der Waals surface area contributed by atoms with E-state index in [0.29, 0.717) is 19.7 Å². The highest BCUT2D eigenvalue weighted by Crippen LogP contribution is 2.30. The second kappa shape index (κ2) is 9.34. The largest absolute Gasteiger partial charge is 0.493 e. The quantitative estimate of drug-likeness (QED) is 0.641. The van der Waals surface area contributed by atoms with Crippen molar-refractivity contribution >= 4 is 6.09 Å². The zero-order chi connectivity index (χ0) is 20.9. The predicted octanol–water partition coefficient (Wildman–Crippen LogP) is 5.34. The van der Waals surface area contributed by atoms with Crippen molar-refractivity contribution in [3.05, 3.63) is 64.7 Å². The summed E-state index contributed by atoms with van der Waals surface area (Å²) in [6.07, 6.45) is 3.39. The van der Waals surface area contributed by atoms with Crippen LogP contribution in [0.15, 0.2) is 42.5 Å². The predicted molar refractivity (Wildman–Crippen MR) is 117 cm³/mol. The lowest BCUT2D eigenvalue weighted by Gasteiger charge is -2.26. The molecule has 1 aliphatic heterocycles. The van der Waals surface area contributed by atoms with Crippen LogP contribution in [0.4, 0.5) is 4.79 Å². The van der Waals surface area contributed by atoms with Gasteiger partial charge in [-0.2, -0.15) is 0 Å². The smallest absolute Gasteiger partial charge is 0.410 e. The van der Waals surface area contributed by atoms with Gasteiger partial charge in [0.1, 0.15) is 11.4 Å². The summed E-state index contributed by atoms with van der Waals surface area (Å²) in [6, 6.07) is 14.8. The van der Waals surface area contributed by atoms with E-state index in [4.69, 9.17) is 9.47 Å². The maximum absolute atomic E-state index is 12.5. The molecule has 0 atom stereocenters. The van der Waals surface area contributed by atoms with E-state index in [2.05, 4.69) is 43.3 Å². The van der Waals surface area contributed by atoms with Crippen LogP contribution in [0, 0.1) is 6.92 Å². The van der Waals surface area contributed by atoms with Crippen molar-refractivity contribution in [2.45, 2.75) is 59.0 Å². The number of fused-ring (bicyclic) bond motifs is 1. The van der Waals surface area contributed by atoms with Gasteiger partial charge in [-0.25, -0.2) is 4.79 Å². The van der Waals surface area contributed by atoms with Crippen LogP contribution in [0.5, 0.6) is 5.75 Å². The summed E-state index contributed by atoms with van der Waals surface area (Å²) in [5, 5.41) is 0. The Balaban J connectivity index is 1.63. The van der Waals surface area contributed by atoms with E-state index in [-0.39, 0.29) is 6.09 Å². The Kier molecular flexibility index (Phi) is 6.83. The van der Waals surface area contributed by atoms with Gasteiger partial charge >= 0.3 is 6.09 Å². The number of carbonyl (C=O) groups excluding carboxylic acids is 1. The van der Waals surface area contributed by atoms with Crippen LogP contribution in [0.25, 0.3) is 0 Å². The van der Waals surface area contributed by atoms with Crippen molar-refractivity contribution in [1.29, 1.82) is 0 Å². The highest BCUT2D eigenvalue weighted by atomic mass is 16.6. The van der Waals surface area contributed by atoms with Crippen LogP contribution in [-0.2, 0) is 24.0 Å². The van der Waals surface area contributed by atoms with Gasteiger partial charge in [0.2, 0.25) is 0 Å². The standard InChI is InChI=1S/C25H33NO3/c1-19-12-13-21-14-16-26(24(27)29-25(2,3)4)17-15-22(21)23(19)28-18-8-11-20-9-6-5-7-10-20/h5-7,9-10,12-13H,8,11,14-18H2,1-4H3. The molecule has 3 rings (SSSR count). The molecule has 0 fully saturated rings. The van der Waals surface area contributed by atoms with Gasteiger partial charge in [0, 0.05) is 13.1 Å². The van der Waals surface area contributed by atoms with Crippen LogP contribution >= 0.6 is 0 Å². The molecule has 4 nitrogen and oxygen atoms in total. The summed E-state index contributed by atoms with van der Waals surface area (Å²) in [5.74, 6) is 1.00. The summed E-state index contributed by atoms with van der Waals surface area (Å²) in [5.41, 5.74) is 4.55. The molecule has 1 amide bonds. The van der Waals surface area contributed by atoms with Crippen molar-refractivity contribution < 1.29 is 14.3 Å². The maximum atomic E-state index is 12.5. The first-order chi connectivity index (χ1) is 13.8. The molecule has 0 radical (unpaired) electrons. The zero-order valence-electron chi connectivity index (χ0n) is 18.2. The Hall–Kier alpha value is -2.49. The summed E-state index contributed by atoms with van der Waals surface area (Å²) < 4.78 is 11.8. The van der Waals surface area contributed by atoms with E-state index < -0.39 is 5.60 Å². The number of carbonyl (C=O) groups is 1. The fraction of sp³-hybridized carbons (Fsp3) is 0.480. The Morgan fingerprint density at radius 1 is 1.03 bits per heavy atom. The fourth-order valence-electron chi connectivity index (χ4n) is 3.71. The second-order valence-corrected chi connectivity index (χ2v) is 8.75. The molecule has 0 saturated carbocycles. The average Bonchev–Trinajstić information content (AvgIpc) is 2.89. The lowest BCUT2D eigenvalue weighted by atomic mass is 9.99. The van der Waals surface area contributed by atoms with E-state index in [1.165, 1.54) is 16.7 Å². The minimum Gasteiger partial charge on any atom is -0.493 e. The molecule has 2 aromatic carbocycles. The minimum absolute atomic E-state index is 0.229. The van der Waals surface area contributed by atoms with Gasteiger partial charge in [-0.05, 0) is 75.6 Å². The molecule has 0 saturated heterocycles. The monoisotopic (exact) mass is 395 g/mol. The molecule has 2 aromatic rings. The molecule has 0 unspecified atom stereocenters. The molecule has 1 aliphatic rings. The molecule has 0 N–H and O–H groups in total. The third-order valence-electron chi connectivity index (χ3n) is 5.19. The first-order valence-corrected chi connectivity index (χ1v) is 10.6. The van der Waals surface area contributed by atoms with E-state index >= 15 is 0 Å². The van der Waals surface area contributed by atoms with E-state index in [0.717, 1.165) is 37.0 Å². The number of benzene rings is 2. The van der Waals surface area contributed by atoms with Crippen LogP contribution < -0.4 is 4.74 Å². The lowest BCUT2D eigenvalue weighted by molar-refractivity contribution is 0.0258. The first-order valence-electron chi connectivity index (χ1n) is 10.6. The fourth-order valence-corrected chi connectivity index (χ4v) is 3.71.